The van der Waals surface area contributed by atoms with Crippen molar-refractivity contribution in [2.75, 3.05) is 26.2 Å². The maximum atomic E-state index is 13.1. The minimum Gasteiger partial charge on any atom is -0.372 e. The third kappa shape index (κ3) is 4.65. The molecule has 2 fully saturated rings. The third-order valence-electron chi connectivity index (χ3n) is 5.07. The van der Waals surface area contributed by atoms with Gasteiger partial charge in [0.25, 0.3) is 5.91 Å². The van der Waals surface area contributed by atoms with Crippen LogP contribution in [0.25, 0.3) is 0 Å². The summed E-state index contributed by atoms with van der Waals surface area (Å²) in [4.78, 5) is 14.7. The smallest absolute Gasteiger partial charge is 0.254 e. The number of hydrogen-bond donors (Lipinski definition) is 0. The highest BCUT2D eigenvalue weighted by Crippen LogP contribution is 2.28. The van der Waals surface area contributed by atoms with Crippen molar-refractivity contribution in [2.45, 2.75) is 56.6 Å². The first-order valence-corrected chi connectivity index (χ1v) is 11.4. The fourth-order valence-electron chi connectivity index (χ4n) is 3.78. The highest BCUT2D eigenvalue weighted by molar-refractivity contribution is 7.89. The summed E-state index contributed by atoms with van der Waals surface area (Å²) in [5.74, 6) is -0.194. The molecule has 2 aliphatic heterocycles. The van der Waals surface area contributed by atoms with Gasteiger partial charge in [0, 0.05) is 31.7 Å². The van der Waals surface area contributed by atoms with Crippen molar-refractivity contribution in [1.82, 2.24) is 9.21 Å². The van der Waals surface area contributed by atoms with E-state index in [9.17, 15) is 13.2 Å². The predicted molar refractivity (Wildman–Crippen MR) is 105 cm³/mol. The third-order valence-corrected chi connectivity index (χ3v) is 7.45. The molecule has 2 atom stereocenters. The number of ether oxygens (including phenoxy) is 1. The van der Waals surface area contributed by atoms with Crippen LogP contribution in [0.2, 0.25) is 5.02 Å². The number of carbonyl (C=O) groups excluding carboxylic acids is 1. The zero-order chi connectivity index (χ0) is 19.6. The van der Waals surface area contributed by atoms with E-state index in [-0.39, 0.29) is 28.0 Å². The Morgan fingerprint density at radius 3 is 2.26 bits per heavy atom. The Morgan fingerprint density at radius 2 is 1.67 bits per heavy atom. The fraction of sp³-hybridized carbons (Fsp3) is 0.632. The zero-order valence-electron chi connectivity index (χ0n) is 15.9. The van der Waals surface area contributed by atoms with Crippen LogP contribution < -0.4 is 0 Å². The van der Waals surface area contributed by atoms with E-state index in [0.29, 0.717) is 31.7 Å². The molecule has 0 radical (unpaired) electrons. The van der Waals surface area contributed by atoms with E-state index in [2.05, 4.69) is 0 Å². The summed E-state index contributed by atoms with van der Waals surface area (Å²) in [6.45, 7) is 5.81. The van der Waals surface area contributed by atoms with Crippen molar-refractivity contribution in [3.63, 3.8) is 0 Å². The fourth-order valence-corrected chi connectivity index (χ4v) is 5.80. The molecule has 1 aromatic rings. The summed E-state index contributed by atoms with van der Waals surface area (Å²) < 4.78 is 33.4. The molecule has 2 aliphatic rings. The van der Waals surface area contributed by atoms with Crippen LogP contribution in [0.15, 0.2) is 23.1 Å². The van der Waals surface area contributed by atoms with Crippen molar-refractivity contribution < 1.29 is 17.9 Å². The van der Waals surface area contributed by atoms with E-state index in [1.165, 1.54) is 16.4 Å². The molecule has 0 aliphatic carbocycles. The Morgan fingerprint density at radius 1 is 1.07 bits per heavy atom. The average molecular weight is 415 g/mol. The van der Waals surface area contributed by atoms with E-state index in [1.54, 1.807) is 11.0 Å². The Balaban J connectivity index is 1.88. The number of hydrogen-bond acceptors (Lipinski definition) is 4. The zero-order valence-corrected chi connectivity index (χ0v) is 17.4. The molecule has 0 aromatic heterocycles. The van der Waals surface area contributed by atoms with Gasteiger partial charge in [0.05, 0.1) is 17.2 Å². The number of amides is 1. The molecule has 2 heterocycles. The van der Waals surface area contributed by atoms with E-state index in [4.69, 9.17) is 16.3 Å². The second kappa shape index (κ2) is 8.47. The van der Waals surface area contributed by atoms with Crippen LogP contribution in [0.5, 0.6) is 0 Å². The largest absolute Gasteiger partial charge is 0.372 e. The van der Waals surface area contributed by atoms with E-state index in [1.807, 2.05) is 13.8 Å². The lowest BCUT2D eigenvalue weighted by atomic mass is 10.1. The van der Waals surface area contributed by atoms with E-state index >= 15 is 0 Å². The van der Waals surface area contributed by atoms with Crippen LogP contribution >= 0.6 is 11.6 Å². The van der Waals surface area contributed by atoms with Crippen molar-refractivity contribution in [2.24, 2.45) is 0 Å². The molecule has 3 rings (SSSR count). The van der Waals surface area contributed by atoms with Gasteiger partial charge < -0.3 is 9.64 Å². The maximum Gasteiger partial charge on any atom is 0.254 e. The Labute approximate surface area is 166 Å². The second-order valence-electron chi connectivity index (χ2n) is 7.43. The number of morpholine rings is 1. The Kier molecular flexibility index (Phi) is 6.46. The Bertz CT molecular complexity index is 781. The summed E-state index contributed by atoms with van der Waals surface area (Å²) in [5.41, 5.74) is 0.342. The highest BCUT2D eigenvalue weighted by atomic mass is 35.5. The van der Waals surface area contributed by atoms with Gasteiger partial charge in [-0.3, -0.25) is 4.79 Å². The van der Waals surface area contributed by atoms with Crippen molar-refractivity contribution in [3.8, 4) is 0 Å². The molecule has 27 heavy (non-hydrogen) atoms. The monoisotopic (exact) mass is 414 g/mol. The lowest BCUT2D eigenvalue weighted by Crippen LogP contribution is -2.48. The van der Waals surface area contributed by atoms with Crippen LogP contribution in [0.3, 0.4) is 0 Å². The standard InChI is InChI=1S/C19H27ClN2O4S/c1-14-12-21(13-15(2)26-14)19(23)16-7-8-17(20)18(11-16)27(24,25)22-9-5-3-4-6-10-22/h7-8,11,14-15H,3-6,9-10,12-13H2,1-2H3. The molecule has 0 bridgehead atoms. The average Bonchev–Trinajstić information content (AvgIpc) is 2.90. The van der Waals surface area contributed by atoms with Gasteiger partial charge in [-0.1, -0.05) is 24.4 Å². The van der Waals surface area contributed by atoms with Crippen LogP contribution in [-0.2, 0) is 14.8 Å². The maximum absolute atomic E-state index is 13.1. The summed E-state index contributed by atoms with van der Waals surface area (Å²) in [5, 5.41) is 0.152. The number of sulfonamides is 1. The molecule has 2 unspecified atom stereocenters. The van der Waals surface area contributed by atoms with E-state index in [0.717, 1.165) is 25.7 Å². The summed E-state index contributed by atoms with van der Waals surface area (Å²) in [7, 11) is -3.72. The molecule has 1 aromatic carbocycles. The van der Waals surface area contributed by atoms with Gasteiger partial charge in [-0.05, 0) is 44.9 Å². The normalized spacial score (nSPS) is 25.2. The molecule has 1 amide bonds. The van der Waals surface area contributed by atoms with Gasteiger partial charge in [0.2, 0.25) is 10.0 Å². The number of benzene rings is 1. The van der Waals surface area contributed by atoms with Crippen molar-refractivity contribution >= 4 is 27.5 Å². The first-order chi connectivity index (χ1) is 12.8. The summed E-state index contributed by atoms with van der Waals surface area (Å²) >= 11 is 6.23. The molecule has 0 saturated carbocycles. The van der Waals surface area contributed by atoms with Crippen molar-refractivity contribution in [3.05, 3.63) is 28.8 Å². The van der Waals surface area contributed by atoms with Crippen LogP contribution in [0.4, 0.5) is 0 Å². The molecule has 2 saturated heterocycles. The van der Waals surface area contributed by atoms with Gasteiger partial charge >= 0.3 is 0 Å². The number of rotatable bonds is 3. The molecular formula is C19H27ClN2O4S. The first-order valence-electron chi connectivity index (χ1n) is 9.53. The van der Waals surface area contributed by atoms with Crippen molar-refractivity contribution in [1.29, 1.82) is 0 Å². The predicted octanol–water partition coefficient (Wildman–Crippen LogP) is 3.15. The lowest BCUT2D eigenvalue weighted by Gasteiger charge is -2.35. The topological polar surface area (TPSA) is 66.9 Å². The van der Waals surface area contributed by atoms with Gasteiger partial charge in [-0.15, -0.1) is 0 Å². The number of carbonyl (C=O) groups is 1. The van der Waals surface area contributed by atoms with Gasteiger partial charge in [-0.25, -0.2) is 8.42 Å². The summed E-state index contributed by atoms with van der Waals surface area (Å²) in [6.07, 6.45) is 3.66. The highest BCUT2D eigenvalue weighted by Gasteiger charge is 2.30. The van der Waals surface area contributed by atoms with E-state index < -0.39 is 10.0 Å². The number of halogens is 1. The molecule has 150 valence electrons. The molecule has 0 N–H and O–H groups in total. The first kappa shape index (κ1) is 20.6. The SMILES string of the molecule is CC1CN(C(=O)c2ccc(Cl)c(S(=O)(=O)N3CCCCCC3)c2)CC(C)O1. The molecule has 6 nitrogen and oxygen atoms in total. The Hall–Kier alpha value is -1.15. The summed E-state index contributed by atoms with van der Waals surface area (Å²) in [6, 6.07) is 4.53. The van der Waals surface area contributed by atoms with Gasteiger partial charge in [0.1, 0.15) is 4.90 Å². The lowest BCUT2D eigenvalue weighted by molar-refractivity contribution is -0.0586. The quantitative estimate of drug-likeness (QED) is 0.761. The van der Waals surface area contributed by atoms with Crippen LogP contribution in [-0.4, -0.2) is 61.9 Å². The minimum absolute atomic E-state index is 0.0197. The second-order valence-corrected chi connectivity index (χ2v) is 9.74. The van der Waals surface area contributed by atoms with Crippen LogP contribution in [0.1, 0.15) is 49.9 Å². The minimum atomic E-state index is -3.72. The van der Waals surface area contributed by atoms with Gasteiger partial charge in [0.15, 0.2) is 0 Å². The molecule has 8 heteroatoms. The van der Waals surface area contributed by atoms with Crippen LogP contribution in [0, 0.1) is 0 Å². The van der Waals surface area contributed by atoms with Gasteiger partial charge in [-0.2, -0.15) is 4.31 Å². The molecule has 0 spiro atoms. The number of nitrogens with zero attached hydrogens (tertiary/aromatic N) is 2. The molecular weight excluding hydrogens is 388 g/mol.